The Hall–Kier alpha value is -1.55. The average Bonchev–Trinajstić information content (AvgIpc) is 2.96. The number of nitrogens with one attached hydrogen (secondary N) is 1. The number of rotatable bonds is 4. The Morgan fingerprint density at radius 3 is 3.00 bits per heavy atom. The zero-order valence-corrected chi connectivity index (χ0v) is 14.2. The zero-order chi connectivity index (χ0) is 16.4. The highest BCUT2D eigenvalue weighted by molar-refractivity contribution is 7.88. The van der Waals surface area contributed by atoms with E-state index in [0.29, 0.717) is 18.2 Å². The SMILES string of the molecule is CS(=O)(=O)N1CCO[C@H](CNC(=O)c2nc3ccccc3s2)C1. The minimum atomic E-state index is -3.24. The molecule has 1 aromatic carbocycles. The highest BCUT2D eigenvalue weighted by atomic mass is 32.2. The van der Waals surface area contributed by atoms with Gasteiger partial charge in [0.1, 0.15) is 0 Å². The minimum Gasteiger partial charge on any atom is -0.374 e. The third-order valence-corrected chi connectivity index (χ3v) is 5.85. The van der Waals surface area contributed by atoms with Gasteiger partial charge in [0.05, 0.1) is 29.2 Å². The smallest absolute Gasteiger partial charge is 0.280 e. The van der Waals surface area contributed by atoms with E-state index in [1.54, 1.807) is 0 Å². The first-order chi connectivity index (χ1) is 10.9. The molecule has 0 unspecified atom stereocenters. The van der Waals surface area contributed by atoms with Crippen molar-refractivity contribution in [2.24, 2.45) is 0 Å². The summed E-state index contributed by atoms with van der Waals surface area (Å²) in [6, 6.07) is 7.55. The van der Waals surface area contributed by atoms with E-state index in [9.17, 15) is 13.2 Å². The molecule has 1 fully saturated rings. The van der Waals surface area contributed by atoms with Crippen LogP contribution in [0.5, 0.6) is 0 Å². The quantitative estimate of drug-likeness (QED) is 0.872. The Morgan fingerprint density at radius 1 is 1.48 bits per heavy atom. The van der Waals surface area contributed by atoms with E-state index in [1.165, 1.54) is 21.9 Å². The summed E-state index contributed by atoms with van der Waals surface area (Å²) in [7, 11) is -3.24. The van der Waals surface area contributed by atoms with Crippen molar-refractivity contribution < 1.29 is 17.9 Å². The summed E-state index contributed by atoms with van der Waals surface area (Å²) in [6.45, 7) is 1.18. The van der Waals surface area contributed by atoms with E-state index in [0.717, 1.165) is 10.2 Å². The number of hydrogen-bond donors (Lipinski definition) is 1. The number of fused-ring (bicyclic) bond motifs is 1. The molecule has 1 amide bonds. The molecule has 0 saturated carbocycles. The molecule has 1 N–H and O–H groups in total. The van der Waals surface area contributed by atoms with Crippen LogP contribution in [0.15, 0.2) is 24.3 Å². The first-order valence-electron chi connectivity index (χ1n) is 7.14. The Bertz CT molecular complexity index is 785. The summed E-state index contributed by atoms with van der Waals surface area (Å²) in [5.74, 6) is -0.272. The van der Waals surface area contributed by atoms with Gasteiger partial charge in [-0.2, -0.15) is 4.31 Å². The first kappa shape index (κ1) is 16.3. The van der Waals surface area contributed by atoms with Crippen molar-refractivity contribution in [1.29, 1.82) is 0 Å². The molecular weight excluding hydrogens is 338 g/mol. The van der Waals surface area contributed by atoms with E-state index in [1.807, 2.05) is 24.3 Å². The molecule has 7 nitrogen and oxygen atoms in total. The summed E-state index contributed by atoms with van der Waals surface area (Å²) in [6.07, 6.45) is 0.825. The number of aromatic nitrogens is 1. The largest absolute Gasteiger partial charge is 0.374 e. The van der Waals surface area contributed by atoms with Crippen LogP contribution in [0, 0.1) is 0 Å². The molecule has 9 heteroatoms. The number of sulfonamides is 1. The lowest BCUT2D eigenvalue weighted by atomic mass is 10.3. The third kappa shape index (κ3) is 3.86. The Morgan fingerprint density at radius 2 is 2.26 bits per heavy atom. The highest BCUT2D eigenvalue weighted by Crippen LogP contribution is 2.21. The van der Waals surface area contributed by atoms with Gasteiger partial charge in [-0.3, -0.25) is 4.79 Å². The Balaban J connectivity index is 1.60. The number of morpholine rings is 1. The molecule has 3 rings (SSSR count). The molecule has 0 aliphatic carbocycles. The molecule has 0 bridgehead atoms. The van der Waals surface area contributed by atoms with Gasteiger partial charge in [-0.15, -0.1) is 11.3 Å². The first-order valence-corrected chi connectivity index (χ1v) is 9.80. The summed E-state index contributed by atoms with van der Waals surface area (Å²) in [4.78, 5) is 16.5. The van der Waals surface area contributed by atoms with E-state index < -0.39 is 10.0 Å². The lowest BCUT2D eigenvalue weighted by Crippen LogP contribution is -2.49. The summed E-state index contributed by atoms with van der Waals surface area (Å²) < 4.78 is 31.0. The average molecular weight is 355 g/mol. The van der Waals surface area contributed by atoms with Crippen molar-refractivity contribution in [1.82, 2.24) is 14.6 Å². The van der Waals surface area contributed by atoms with Gasteiger partial charge >= 0.3 is 0 Å². The summed E-state index contributed by atoms with van der Waals surface area (Å²) >= 11 is 1.33. The van der Waals surface area contributed by atoms with E-state index >= 15 is 0 Å². The van der Waals surface area contributed by atoms with Crippen LogP contribution in [0.25, 0.3) is 10.2 Å². The zero-order valence-electron chi connectivity index (χ0n) is 12.6. The van der Waals surface area contributed by atoms with Crippen LogP contribution in [0.1, 0.15) is 9.80 Å². The lowest BCUT2D eigenvalue weighted by molar-refractivity contribution is 0.000438. The fourth-order valence-corrected chi connectivity index (χ4v) is 4.09. The number of benzene rings is 1. The fraction of sp³-hybridized carbons (Fsp3) is 0.429. The van der Waals surface area contributed by atoms with Gasteiger partial charge in [-0.1, -0.05) is 12.1 Å². The van der Waals surface area contributed by atoms with Crippen molar-refractivity contribution in [2.45, 2.75) is 6.10 Å². The van der Waals surface area contributed by atoms with Crippen molar-refractivity contribution in [2.75, 3.05) is 32.5 Å². The van der Waals surface area contributed by atoms with Crippen LogP contribution in [0.2, 0.25) is 0 Å². The molecule has 2 aromatic rings. The molecule has 1 aliphatic heterocycles. The number of nitrogens with zero attached hydrogens (tertiary/aromatic N) is 2. The predicted octanol–water partition coefficient (Wildman–Crippen LogP) is 0.687. The molecule has 0 spiro atoms. The van der Waals surface area contributed by atoms with Crippen LogP contribution in [-0.2, 0) is 14.8 Å². The summed E-state index contributed by atoms with van der Waals surface area (Å²) in [5.41, 5.74) is 0.791. The Labute approximate surface area is 138 Å². The third-order valence-electron chi connectivity index (χ3n) is 3.55. The molecular formula is C14H17N3O4S2. The molecule has 23 heavy (non-hydrogen) atoms. The molecule has 1 aliphatic rings. The van der Waals surface area contributed by atoms with Crippen LogP contribution in [0.4, 0.5) is 0 Å². The monoisotopic (exact) mass is 355 g/mol. The normalized spacial score (nSPS) is 19.8. The van der Waals surface area contributed by atoms with Gasteiger partial charge < -0.3 is 10.1 Å². The molecule has 1 aromatic heterocycles. The standard InChI is InChI=1S/C14H17N3O4S2/c1-23(19,20)17-6-7-21-10(9-17)8-15-13(18)14-16-11-4-2-3-5-12(11)22-14/h2-5,10H,6-9H2,1H3,(H,15,18)/t10-/m1/s1. The minimum absolute atomic E-state index is 0.249. The van der Waals surface area contributed by atoms with Crippen molar-refractivity contribution in [3.63, 3.8) is 0 Å². The summed E-state index contributed by atoms with van der Waals surface area (Å²) in [5, 5.41) is 3.15. The van der Waals surface area contributed by atoms with Gasteiger partial charge in [0, 0.05) is 19.6 Å². The van der Waals surface area contributed by atoms with Gasteiger partial charge in [-0.25, -0.2) is 13.4 Å². The Kier molecular flexibility index (Phi) is 4.62. The van der Waals surface area contributed by atoms with E-state index in [-0.39, 0.29) is 25.1 Å². The van der Waals surface area contributed by atoms with Crippen molar-refractivity contribution in [3.8, 4) is 0 Å². The number of thiazole rings is 1. The van der Waals surface area contributed by atoms with Crippen LogP contribution < -0.4 is 5.32 Å². The van der Waals surface area contributed by atoms with Gasteiger partial charge in [0.25, 0.3) is 5.91 Å². The number of carbonyl (C=O) groups is 1. The molecule has 2 heterocycles. The number of hydrogen-bond acceptors (Lipinski definition) is 6. The van der Waals surface area contributed by atoms with Gasteiger partial charge in [0.15, 0.2) is 5.01 Å². The predicted molar refractivity (Wildman–Crippen MR) is 88.1 cm³/mol. The van der Waals surface area contributed by atoms with Crippen LogP contribution in [0.3, 0.4) is 0 Å². The lowest BCUT2D eigenvalue weighted by Gasteiger charge is -2.31. The maximum absolute atomic E-state index is 12.2. The van der Waals surface area contributed by atoms with Gasteiger partial charge in [0.2, 0.25) is 10.0 Å². The number of amides is 1. The maximum atomic E-state index is 12.2. The van der Waals surface area contributed by atoms with Gasteiger partial charge in [-0.05, 0) is 12.1 Å². The molecule has 0 radical (unpaired) electrons. The number of carbonyl (C=O) groups excluding carboxylic acids is 1. The molecule has 1 saturated heterocycles. The van der Waals surface area contributed by atoms with E-state index in [4.69, 9.17) is 4.74 Å². The second-order valence-corrected chi connectivity index (χ2v) is 8.32. The molecule has 124 valence electrons. The van der Waals surface area contributed by atoms with Crippen LogP contribution >= 0.6 is 11.3 Å². The number of para-hydroxylation sites is 1. The van der Waals surface area contributed by atoms with E-state index in [2.05, 4.69) is 10.3 Å². The van der Waals surface area contributed by atoms with Crippen LogP contribution in [-0.4, -0.2) is 62.2 Å². The topological polar surface area (TPSA) is 88.6 Å². The second-order valence-electron chi connectivity index (χ2n) is 5.31. The molecule has 1 atom stereocenters. The second kappa shape index (κ2) is 6.52. The maximum Gasteiger partial charge on any atom is 0.280 e. The highest BCUT2D eigenvalue weighted by Gasteiger charge is 2.27. The van der Waals surface area contributed by atoms with Crippen molar-refractivity contribution in [3.05, 3.63) is 29.3 Å². The fourth-order valence-electron chi connectivity index (χ4n) is 2.37. The number of ether oxygens (including phenoxy) is 1. The van der Waals surface area contributed by atoms with Crippen molar-refractivity contribution >= 4 is 37.5 Å².